The van der Waals surface area contributed by atoms with E-state index in [1.165, 1.54) is 12.3 Å². The average molecular weight is 439 g/mol. The third-order valence-corrected chi connectivity index (χ3v) is 9.04. The minimum atomic E-state index is -3.50. The Balaban J connectivity index is 1.90. The highest BCUT2D eigenvalue weighted by molar-refractivity contribution is 7.92. The Morgan fingerprint density at radius 2 is 1.87 bits per heavy atom. The number of amides is 1. The van der Waals surface area contributed by atoms with Gasteiger partial charge in [-0.25, -0.2) is 18.2 Å². The molecule has 1 atom stereocenters. The predicted octanol–water partition coefficient (Wildman–Crippen LogP) is 5.09. The lowest BCUT2D eigenvalue weighted by Gasteiger charge is -2.44. The molecule has 0 aromatic carbocycles. The molecule has 1 saturated heterocycles. The van der Waals surface area contributed by atoms with Crippen molar-refractivity contribution in [3.63, 3.8) is 0 Å². The smallest absolute Gasteiger partial charge is 0.410 e. The van der Waals surface area contributed by atoms with Crippen molar-refractivity contribution in [3.8, 4) is 0 Å². The van der Waals surface area contributed by atoms with Gasteiger partial charge in [0.2, 0.25) is 0 Å². The Labute approximate surface area is 182 Å². The quantitative estimate of drug-likeness (QED) is 0.565. The van der Waals surface area contributed by atoms with E-state index in [9.17, 15) is 13.2 Å². The number of pyridine rings is 1. The van der Waals surface area contributed by atoms with Gasteiger partial charge in [0.15, 0.2) is 14.9 Å². The molecule has 6 nitrogen and oxygen atoms in total. The molecule has 0 N–H and O–H groups in total. The Hall–Kier alpha value is -1.63. The van der Waals surface area contributed by atoms with Crippen molar-refractivity contribution in [2.45, 2.75) is 89.5 Å². The number of piperidine rings is 1. The SMILES string of the molecule is CCC1(C(C)C)CCN(C(=O)OC(C)(C)CCC(C)S(=O)(=O)c2ccccn2)CC1. The molecule has 1 amide bonds. The molecule has 0 bridgehead atoms. The highest BCUT2D eigenvalue weighted by Gasteiger charge is 2.38. The Morgan fingerprint density at radius 3 is 2.37 bits per heavy atom. The second-order valence-electron chi connectivity index (χ2n) is 9.55. The highest BCUT2D eigenvalue weighted by atomic mass is 32.2. The van der Waals surface area contributed by atoms with Crippen molar-refractivity contribution < 1.29 is 17.9 Å². The molecule has 1 unspecified atom stereocenters. The number of nitrogens with zero attached hydrogens (tertiary/aromatic N) is 2. The first-order chi connectivity index (χ1) is 13.9. The van der Waals surface area contributed by atoms with E-state index in [1.807, 2.05) is 13.8 Å². The summed E-state index contributed by atoms with van der Waals surface area (Å²) in [6.45, 7) is 13.6. The standard InChI is InChI=1S/C23H38N2O4S/c1-7-23(18(2)3)13-16-25(17-14-23)21(26)29-22(5,6)12-11-19(4)30(27,28)20-10-8-9-15-24-20/h8-10,15,18-19H,7,11-14,16-17H2,1-6H3. The van der Waals surface area contributed by atoms with Crippen LogP contribution in [0.25, 0.3) is 0 Å². The number of carbonyl (C=O) groups excluding carboxylic acids is 1. The van der Waals surface area contributed by atoms with Crippen LogP contribution >= 0.6 is 0 Å². The van der Waals surface area contributed by atoms with E-state index >= 15 is 0 Å². The predicted molar refractivity (Wildman–Crippen MR) is 119 cm³/mol. The summed E-state index contributed by atoms with van der Waals surface area (Å²) in [5.74, 6) is 0.597. The summed E-state index contributed by atoms with van der Waals surface area (Å²) in [7, 11) is -3.50. The normalized spacial score (nSPS) is 18.3. The molecule has 0 radical (unpaired) electrons. The third-order valence-electron chi connectivity index (χ3n) is 6.92. The van der Waals surface area contributed by atoms with Gasteiger partial charge in [-0.05, 0) is 69.9 Å². The van der Waals surface area contributed by atoms with Crippen LogP contribution in [0.3, 0.4) is 0 Å². The molecule has 1 aromatic heterocycles. The second kappa shape index (κ2) is 9.67. The molecule has 2 heterocycles. The van der Waals surface area contributed by atoms with E-state index in [1.54, 1.807) is 24.0 Å². The van der Waals surface area contributed by atoms with Gasteiger partial charge in [-0.15, -0.1) is 0 Å². The van der Waals surface area contributed by atoms with Crippen LogP contribution in [0.1, 0.15) is 73.6 Å². The van der Waals surface area contributed by atoms with Gasteiger partial charge < -0.3 is 9.64 Å². The Bertz CT molecular complexity index is 798. The monoisotopic (exact) mass is 438 g/mol. The molecule has 1 aliphatic heterocycles. The van der Waals surface area contributed by atoms with Crippen LogP contribution in [-0.4, -0.2) is 48.3 Å². The molecular weight excluding hydrogens is 400 g/mol. The van der Waals surface area contributed by atoms with E-state index in [0.717, 1.165) is 19.3 Å². The average Bonchev–Trinajstić information content (AvgIpc) is 2.72. The van der Waals surface area contributed by atoms with Gasteiger partial charge in [-0.3, -0.25) is 0 Å². The van der Waals surface area contributed by atoms with Gasteiger partial charge in [-0.2, -0.15) is 0 Å². The van der Waals surface area contributed by atoms with Crippen LogP contribution in [-0.2, 0) is 14.6 Å². The van der Waals surface area contributed by atoms with Gasteiger partial charge >= 0.3 is 6.09 Å². The van der Waals surface area contributed by atoms with Crippen molar-refractivity contribution in [3.05, 3.63) is 24.4 Å². The molecule has 0 aliphatic carbocycles. The fraction of sp³-hybridized carbons (Fsp3) is 0.739. The molecule has 0 spiro atoms. The number of rotatable bonds is 8. The molecule has 1 aromatic rings. The third kappa shape index (κ3) is 5.74. The molecular formula is C23H38N2O4S. The topological polar surface area (TPSA) is 76.6 Å². The fourth-order valence-corrected chi connectivity index (χ4v) is 5.57. The fourth-order valence-electron chi connectivity index (χ4n) is 4.25. The summed E-state index contributed by atoms with van der Waals surface area (Å²) in [6, 6.07) is 4.88. The Morgan fingerprint density at radius 1 is 1.23 bits per heavy atom. The first-order valence-corrected chi connectivity index (χ1v) is 12.6. The maximum absolute atomic E-state index is 12.7. The van der Waals surface area contributed by atoms with E-state index in [4.69, 9.17) is 4.74 Å². The van der Waals surface area contributed by atoms with E-state index in [-0.39, 0.29) is 11.1 Å². The summed E-state index contributed by atoms with van der Waals surface area (Å²) in [5.41, 5.74) is -0.427. The molecule has 1 aliphatic rings. The largest absolute Gasteiger partial charge is 0.443 e. The molecule has 1 fully saturated rings. The number of carbonyl (C=O) groups is 1. The van der Waals surface area contributed by atoms with Crippen LogP contribution in [0.15, 0.2) is 29.4 Å². The highest BCUT2D eigenvalue weighted by Crippen LogP contribution is 2.41. The number of hydrogen-bond donors (Lipinski definition) is 0. The lowest BCUT2D eigenvalue weighted by atomic mass is 9.68. The van der Waals surface area contributed by atoms with Crippen LogP contribution in [0.2, 0.25) is 0 Å². The minimum Gasteiger partial charge on any atom is -0.443 e. The van der Waals surface area contributed by atoms with Gasteiger partial charge in [0.25, 0.3) is 0 Å². The number of likely N-dealkylation sites (tertiary alicyclic amines) is 1. The van der Waals surface area contributed by atoms with Gasteiger partial charge in [-0.1, -0.05) is 33.3 Å². The first kappa shape index (κ1) is 24.6. The summed E-state index contributed by atoms with van der Waals surface area (Å²) in [4.78, 5) is 18.5. The number of sulfone groups is 1. The van der Waals surface area contributed by atoms with Crippen LogP contribution in [0.5, 0.6) is 0 Å². The van der Waals surface area contributed by atoms with E-state index in [0.29, 0.717) is 37.3 Å². The number of hydrogen-bond acceptors (Lipinski definition) is 5. The van der Waals surface area contributed by atoms with Crippen molar-refractivity contribution >= 4 is 15.9 Å². The van der Waals surface area contributed by atoms with Crippen molar-refractivity contribution in [2.75, 3.05) is 13.1 Å². The summed E-state index contributed by atoms with van der Waals surface area (Å²) >= 11 is 0. The molecule has 170 valence electrons. The lowest BCUT2D eigenvalue weighted by molar-refractivity contribution is -0.0105. The van der Waals surface area contributed by atoms with Gasteiger partial charge in [0.1, 0.15) is 5.60 Å². The first-order valence-electron chi connectivity index (χ1n) is 11.1. The second-order valence-corrected chi connectivity index (χ2v) is 11.9. The van der Waals surface area contributed by atoms with Gasteiger partial charge in [0.05, 0.1) is 5.25 Å². The minimum absolute atomic E-state index is 0.0881. The molecule has 2 rings (SSSR count). The number of aromatic nitrogens is 1. The summed E-state index contributed by atoms with van der Waals surface area (Å²) < 4.78 is 31.2. The maximum Gasteiger partial charge on any atom is 0.410 e. The van der Waals surface area contributed by atoms with Crippen LogP contribution < -0.4 is 0 Å². The maximum atomic E-state index is 12.7. The van der Waals surface area contributed by atoms with Crippen molar-refractivity contribution in [1.82, 2.24) is 9.88 Å². The zero-order chi connectivity index (χ0) is 22.6. The van der Waals surface area contributed by atoms with Crippen molar-refractivity contribution in [2.24, 2.45) is 11.3 Å². The molecule has 7 heteroatoms. The zero-order valence-corrected chi connectivity index (χ0v) is 20.2. The van der Waals surface area contributed by atoms with Crippen LogP contribution in [0, 0.1) is 11.3 Å². The van der Waals surface area contributed by atoms with Crippen LogP contribution in [0.4, 0.5) is 4.79 Å². The zero-order valence-electron chi connectivity index (χ0n) is 19.3. The number of ether oxygens (including phenoxy) is 1. The summed E-state index contributed by atoms with van der Waals surface area (Å²) in [5, 5.41) is -0.512. The van der Waals surface area contributed by atoms with Crippen molar-refractivity contribution in [1.29, 1.82) is 0 Å². The molecule has 30 heavy (non-hydrogen) atoms. The Kier molecular flexibility index (Phi) is 7.94. The van der Waals surface area contributed by atoms with E-state index < -0.39 is 20.7 Å². The lowest BCUT2D eigenvalue weighted by Crippen LogP contribution is -2.47. The van der Waals surface area contributed by atoms with E-state index in [2.05, 4.69) is 25.8 Å². The molecule has 0 saturated carbocycles. The summed E-state index contributed by atoms with van der Waals surface area (Å²) in [6.07, 6.45) is 5.16. The van der Waals surface area contributed by atoms with Gasteiger partial charge in [0, 0.05) is 19.3 Å².